The lowest BCUT2D eigenvalue weighted by Crippen LogP contribution is -2.28. The number of aromatic nitrogens is 2. The smallest absolute Gasteiger partial charge is 0.230 e. The SMILES string of the molecule is Cc1cccc(C)c1Nc1nnc(SCC(=O)NCC(C)C)s1. The Labute approximate surface area is 145 Å². The Bertz CT molecular complexity index is 650. The number of anilines is 2. The Hall–Kier alpha value is -1.60. The minimum atomic E-state index is 0.0307. The van der Waals surface area contributed by atoms with Gasteiger partial charge in [-0.05, 0) is 30.9 Å². The molecular formula is C16H22N4OS2. The number of amides is 1. The van der Waals surface area contributed by atoms with Crippen molar-refractivity contribution < 1.29 is 4.79 Å². The standard InChI is InChI=1S/C16H22N4OS2/c1-10(2)8-17-13(21)9-22-16-20-19-15(23-16)18-14-11(3)6-5-7-12(14)4/h5-7,10H,8-9H2,1-4H3,(H,17,21)(H,18,19). The second-order valence-corrected chi connectivity index (χ2v) is 7.95. The van der Waals surface area contributed by atoms with Crippen molar-refractivity contribution in [1.82, 2.24) is 15.5 Å². The molecule has 2 aromatic rings. The Morgan fingerprint density at radius 2 is 1.96 bits per heavy atom. The second-order valence-electron chi connectivity index (χ2n) is 5.75. The van der Waals surface area contributed by atoms with Crippen LogP contribution in [0, 0.1) is 19.8 Å². The lowest BCUT2D eigenvalue weighted by Gasteiger charge is -2.09. The predicted octanol–water partition coefficient (Wildman–Crippen LogP) is 3.76. The summed E-state index contributed by atoms with van der Waals surface area (Å²) in [5.74, 6) is 0.854. The van der Waals surface area contributed by atoms with Gasteiger partial charge in [-0.3, -0.25) is 4.79 Å². The molecule has 0 atom stereocenters. The van der Waals surface area contributed by atoms with E-state index in [1.165, 1.54) is 34.2 Å². The predicted molar refractivity (Wildman–Crippen MR) is 97.7 cm³/mol. The Morgan fingerprint density at radius 1 is 1.26 bits per heavy atom. The number of nitrogens with zero attached hydrogens (tertiary/aromatic N) is 2. The maximum absolute atomic E-state index is 11.7. The number of aryl methyl sites for hydroxylation is 2. The van der Waals surface area contributed by atoms with Crippen molar-refractivity contribution in [2.75, 3.05) is 17.6 Å². The van der Waals surface area contributed by atoms with Crippen LogP contribution in [0.3, 0.4) is 0 Å². The van der Waals surface area contributed by atoms with Crippen LogP contribution in [0.5, 0.6) is 0 Å². The molecule has 1 aromatic heterocycles. The Morgan fingerprint density at radius 3 is 2.61 bits per heavy atom. The van der Waals surface area contributed by atoms with Gasteiger partial charge in [0.1, 0.15) is 0 Å². The van der Waals surface area contributed by atoms with Crippen LogP contribution >= 0.6 is 23.1 Å². The molecule has 5 nitrogen and oxygen atoms in total. The maximum Gasteiger partial charge on any atom is 0.230 e. The molecule has 2 N–H and O–H groups in total. The van der Waals surface area contributed by atoms with E-state index in [0.29, 0.717) is 18.2 Å². The number of nitrogens with one attached hydrogen (secondary N) is 2. The minimum absolute atomic E-state index is 0.0307. The van der Waals surface area contributed by atoms with Crippen molar-refractivity contribution in [3.8, 4) is 0 Å². The lowest BCUT2D eigenvalue weighted by molar-refractivity contribution is -0.118. The van der Waals surface area contributed by atoms with Crippen LogP contribution in [0.25, 0.3) is 0 Å². The minimum Gasteiger partial charge on any atom is -0.355 e. The molecule has 0 saturated carbocycles. The van der Waals surface area contributed by atoms with Crippen molar-refractivity contribution in [2.45, 2.75) is 32.0 Å². The molecule has 0 aliphatic rings. The average molecular weight is 351 g/mol. The molecule has 7 heteroatoms. The largest absolute Gasteiger partial charge is 0.355 e. The van der Waals surface area contributed by atoms with Gasteiger partial charge in [0, 0.05) is 12.2 Å². The number of hydrogen-bond acceptors (Lipinski definition) is 6. The molecule has 0 spiro atoms. The van der Waals surface area contributed by atoms with E-state index in [-0.39, 0.29) is 5.91 Å². The zero-order valence-corrected chi connectivity index (χ0v) is 15.5. The second kappa shape index (κ2) is 8.31. The zero-order valence-electron chi connectivity index (χ0n) is 13.8. The molecule has 0 aliphatic carbocycles. The highest BCUT2D eigenvalue weighted by atomic mass is 32.2. The van der Waals surface area contributed by atoms with Gasteiger partial charge in [0.2, 0.25) is 11.0 Å². The first-order valence-corrected chi connectivity index (χ1v) is 9.32. The monoisotopic (exact) mass is 350 g/mol. The summed E-state index contributed by atoms with van der Waals surface area (Å²) in [4.78, 5) is 11.7. The van der Waals surface area contributed by atoms with E-state index in [1.807, 2.05) is 6.07 Å². The number of benzene rings is 1. The Balaban J connectivity index is 1.90. The van der Waals surface area contributed by atoms with Crippen molar-refractivity contribution >= 4 is 39.8 Å². The van der Waals surface area contributed by atoms with E-state index >= 15 is 0 Å². The van der Waals surface area contributed by atoms with Crippen LogP contribution in [-0.2, 0) is 4.79 Å². The first-order valence-electron chi connectivity index (χ1n) is 7.52. The van der Waals surface area contributed by atoms with Gasteiger partial charge in [-0.2, -0.15) is 0 Å². The third-order valence-corrected chi connectivity index (χ3v) is 5.13. The molecule has 0 fully saturated rings. The lowest BCUT2D eigenvalue weighted by atomic mass is 10.1. The van der Waals surface area contributed by atoms with Gasteiger partial charge >= 0.3 is 0 Å². The van der Waals surface area contributed by atoms with Crippen LogP contribution in [0.1, 0.15) is 25.0 Å². The van der Waals surface area contributed by atoms with E-state index in [4.69, 9.17) is 0 Å². The molecule has 0 aliphatic heterocycles. The highest BCUT2D eigenvalue weighted by molar-refractivity contribution is 8.01. The molecule has 0 unspecified atom stereocenters. The summed E-state index contributed by atoms with van der Waals surface area (Å²) in [5.41, 5.74) is 3.40. The summed E-state index contributed by atoms with van der Waals surface area (Å²) in [7, 11) is 0. The number of thioether (sulfide) groups is 1. The van der Waals surface area contributed by atoms with Gasteiger partial charge in [-0.15, -0.1) is 10.2 Å². The first-order chi connectivity index (χ1) is 11.0. The maximum atomic E-state index is 11.7. The molecule has 1 heterocycles. The van der Waals surface area contributed by atoms with E-state index in [9.17, 15) is 4.79 Å². The van der Waals surface area contributed by atoms with Gasteiger partial charge < -0.3 is 10.6 Å². The van der Waals surface area contributed by atoms with Crippen LogP contribution in [0.15, 0.2) is 22.5 Å². The molecule has 0 bridgehead atoms. The van der Waals surface area contributed by atoms with Crippen molar-refractivity contribution in [1.29, 1.82) is 0 Å². The Kier molecular flexibility index (Phi) is 6.41. The average Bonchev–Trinajstić information content (AvgIpc) is 2.94. The summed E-state index contributed by atoms with van der Waals surface area (Å²) in [6.45, 7) is 8.97. The number of rotatable bonds is 7. The van der Waals surface area contributed by atoms with Crippen LogP contribution in [0.2, 0.25) is 0 Å². The van der Waals surface area contributed by atoms with Gasteiger partial charge in [0.25, 0.3) is 0 Å². The van der Waals surface area contributed by atoms with Crippen molar-refractivity contribution in [3.63, 3.8) is 0 Å². The van der Waals surface area contributed by atoms with Gasteiger partial charge in [-0.25, -0.2) is 0 Å². The topological polar surface area (TPSA) is 66.9 Å². The number of carbonyl (C=O) groups excluding carboxylic acids is 1. The number of para-hydroxylation sites is 1. The highest BCUT2D eigenvalue weighted by Crippen LogP contribution is 2.30. The van der Waals surface area contributed by atoms with Crippen molar-refractivity contribution in [2.24, 2.45) is 5.92 Å². The van der Waals surface area contributed by atoms with E-state index in [1.54, 1.807) is 0 Å². The van der Waals surface area contributed by atoms with Crippen molar-refractivity contribution in [3.05, 3.63) is 29.3 Å². The first kappa shape index (κ1) is 17.7. The van der Waals surface area contributed by atoms with E-state index < -0.39 is 0 Å². The fraction of sp³-hybridized carbons (Fsp3) is 0.438. The van der Waals surface area contributed by atoms with Gasteiger partial charge in [0.15, 0.2) is 4.34 Å². The molecule has 1 aromatic carbocycles. The van der Waals surface area contributed by atoms with Gasteiger partial charge in [-0.1, -0.05) is 55.1 Å². The number of hydrogen-bond donors (Lipinski definition) is 2. The molecule has 0 saturated heterocycles. The summed E-state index contributed by atoms with van der Waals surface area (Å²) >= 11 is 2.87. The van der Waals surface area contributed by atoms with E-state index in [2.05, 4.69) is 60.7 Å². The summed E-state index contributed by atoms with van der Waals surface area (Å²) in [6.07, 6.45) is 0. The molecule has 0 radical (unpaired) electrons. The van der Waals surface area contributed by atoms with Crippen LogP contribution in [-0.4, -0.2) is 28.4 Å². The number of carbonyl (C=O) groups is 1. The zero-order chi connectivity index (χ0) is 16.8. The normalized spacial score (nSPS) is 10.8. The van der Waals surface area contributed by atoms with Gasteiger partial charge in [0.05, 0.1) is 5.75 Å². The third kappa shape index (κ3) is 5.51. The third-order valence-electron chi connectivity index (χ3n) is 3.15. The van der Waals surface area contributed by atoms with Crippen LogP contribution in [0.4, 0.5) is 10.8 Å². The molecule has 124 valence electrons. The fourth-order valence-electron chi connectivity index (χ4n) is 1.93. The molecule has 1 amide bonds. The molecule has 2 rings (SSSR count). The summed E-state index contributed by atoms with van der Waals surface area (Å²) in [5, 5.41) is 15.2. The highest BCUT2D eigenvalue weighted by Gasteiger charge is 2.10. The molecular weight excluding hydrogens is 328 g/mol. The summed E-state index contributed by atoms with van der Waals surface area (Å²) < 4.78 is 0.790. The summed E-state index contributed by atoms with van der Waals surface area (Å²) in [6, 6.07) is 6.16. The molecule has 23 heavy (non-hydrogen) atoms. The quantitative estimate of drug-likeness (QED) is 0.744. The fourth-order valence-corrected chi connectivity index (χ4v) is 3.52. The van der Waals surface area contributed by atoms with Crippen LogP contribution < -0.4 is 10.6 Å². The van der Waals surface area contributed by atoms with E-state index in [0.717, 1.165) is 15.2 Å².